The molecule has 0 aromatic rings. The smallest absolute Gasteiger partial charge is 0.0635 e. The lowest BCUT2D eigenvalue weighted by Gasteiger charge is -2.28. The molecular weight excluding hydrogens is 210 g/mol. The van der Waals surface area contributed by atoms with Crippen LogP contribution in [0.4, 0.5) is 0 Å². The van der Waals surface area contributed by atoms with Crippen LogP contribution in [-0.2, 0) is 0 Å². The van der Waals surface area contributed by atoms with Crippen LogP contribution in [0.15, 0.2) is 0 Å². The van der Waals surface area contributed by atoms with Crippen molar-refractivity contribution in [2.75, 3.05) is 19.6 Å². The van der Waals surface area contributed by atoms with Crippen molar-refractivity contribution < 1.29 is 0 Å². The molecule has 1 rings (SSSR count). The van der Waals surface area contributed by atoms with Gasteiger partial charge in [0.05, 0.1) is 6.07 Å². The average molecular weight is 237 g/mol. The number of nitriles is 1. The third-order valence-corrected chi connectivity index (χ3v) is 3.10. The maximum atomic E-state index is 8.67. The molecule has 1 aliphatic rings. The molecule has 1 atom stereocenters. The molecule has 3 nitrogen and oxygen atoms in total. The number of hydrogen-bond acceptors (Lipinski definition) is 3. The predicted molar refractivity (Wildman–Crippen MR) is 71.7 cm³/mol. The van der Waals surface area contributed by atoms with E-state index in [0.717, 1.165) is 25.7 Å². The Kier molecular flexibility index (Phi) is 5.42. The highest BCUT2D eigenvalue weighted by Crippen LogP contribution is 2.27. The van der Waals surface area contributed by atoms with Gasteiger partial charge in [-0.2, -0.15) is 5.26 Å². The van der Waals surface area contributed by atoms with Crippen molar-refractivity contribution in [1.82, 2.24) is 10.2 Å². The van der Waals surface area contributed by atoms with Gasteiger partial charge in [0.25, 0.3) is 0 Å². The topological polar surface area (TPSA) is 39.1 Å². The van der Waals surface area contributed by atoms with Crippen LogP contribution in [0.5, 0.6) is 0 Å². The van der Waals surface area contributed by atoms with Gasteiger partial charge in [0.2, 0.25) is 0 Å². The summed E-state index contributed by atoms with van der Waals surface area (Å²) in [6.45, 7) is 12.0. The highest BCUT2D eigenvalue weighted by molar-refractivity contribution is 4.87. The average Bonchev–Trinajstić information content (AvgIpc) is 3.04. The minimum atomic E-state index is 0.200. The third kappa shape index (κ3) is 6.65. The van der Waals surface area contributed by atoms with Crippen LogP contribution in [0.3, 0.4) is 0 Å². The lowest BCUT2D eigenvalue weighted by atomic mass is 10.1. The van der Waals surface area contributed by atoms with Crippen LogP contribution >= 0.6 is 0 Å². The Morgan fingerprint density at radius 2 is 2.06 bits per heavy atom. The van der Waals surface area contributed by atoms with E-state index in [0.29, 0.717) is 12.3 Å². The van der Waals surface area contributed by atoms with Gasteiger partial charge < -0.3 is 5.32 Å². The second-order valence-corrected chi connectivity index (χ2v) is 6.37. The molecule has 0 aliphatic heterocycles. The Balaban J connectivity index is 2.26. The van der Waals surface area contributed by atoms with Crippen LogP contribution in [0, 0.1) is 17.2 Å². The predicted octanol–water partition coefficient (Wildman–Crippen LogP) is 2.39. The molecule has 17 heavy (non-hydrogen) atoms. The summed E-state index contributed by atoms with van der Waals surface area (Å²) in [4.78, 5) is 2.50. The van der Waals surface area contributed by atoms with Crippen molar-refractivity contribution in [1.29, 1.82) is 5.26 Å². The van der Waals surface area contributed by atoms with Gasteiger partial charge in [-0.3, -0.25) is 4.90 Å². The van der Waals surface area contributed by atoms with Crippen molar-refractivity contribution in [3.8, 4) is 6.07 Å². The summed E-state index contributed by atoms with van der Waals surface area (Å²) < 4.78 is 0. The summed E-state index contributed by atoms with van der Waals surface area (Å²) >= 11 is 0. The van der Waals surface area contributed by atoms with Crippen molar-refractivity contribution in [2.45, 2.75) is 58.5 Å². The van der Waals surface area contributed by atoms with E-state index in [1.165, 1.54) is 12.8 Å². The number of nitrogens with zero attached hydrogens (tertiary/aromatic N) is 2. The minimum absolute atomic E-state index is 0.200. The van der Waals surface area contributed by atoms with Crippen molar-refractivity contribution in [2.24, 2.45) is 5.92 Å². The van der Waals surface area contributed by atoms with Crippen LogP contribution < -0.4 is 5.32 Å². The minimum Gasteiger partial charge on any atom is -0.312 e. The van der Waals surface area contributed by atoms with E-state index in [2.05, 4.69) is 44.0 Å². The molecule has 1 N–H and O–H groups in total. The maximum absolute atomic E-state index is 8.67. The zero-order valence-electron chi connectivity index (χ0n) is 11.8. The lowest BCUT2D eigenvalue weighted by molar-refractivity contribution is 0.223. The van der Waals surface area contributed by atoms with E-state index in [4.69, 9.17) is 5.26 Å². The Hall–Kier alpha value is -0.590. The number of rotatable bonds is 7. The SMILES string of the molecule is CC(CNC(C)(C)C)CN(CCC#N)C1CC1. The quantitative estimate of drug-likeness (QED) is 0.739. The molecule has 0 spiro atoms. The molecule has 1 unspecified atom stereocenters. The van der Waals surface area contributed by atoms with Crippen LogP contribution in [0.25, 0.3) is 0 Å². The maximum Gasteiger partial charge on any atom is 0.0635 e. The fourth-order valence-electron chi connectivity index (χ4n) is 2.00. The second kappa shape index (κ2) is 6.37. The van der Waals surface area contributed by atoms with Crippen LogP contribution in [0.2, 0.25) is 0 Å². The lowest BCUT2D eigenvalue weighted by Crippen LogP contribution is -2.42. The molecule has 0 saturated heterocycles. The van der Waals surface area contributed by atoms with Gasteiger partial charge in [0.15, 0.2) is 0 Å². The van der Waals surface area contributed by atoms with Gasteiger partial charge in [-0.05, 0) is 46.1 Å². The molecule has 0 heterocycles. The zero-order chi connectivity index (χ0) is 12.9. The molecule has 3 heteroatoms. The van der Waals surface area contributed by atoms with Crippen LogP contribution in [-0.4, -0.2) is 36.1 Å². The Morgan fingerprint density at radius 1 is 1.41 bits per heavy atom. The molecule has 0 amide bonds. The van der Waals surface area contributed by atoms with Gasteiger partial charge in [0, 0.05) is 31.1 Å². The van der Waals surface area contributed by atoms with E-state index in [1.807, 2.05) is 0 Å². The highest BCUT2D eigenvalue weighted by Gasteiger charge is 2.29. The van der Waals surface area contributed by atoms with Crippen molar-refractivity contribution >= 4 is 0 Å². The first-order valence-electron chi connectivity index (χ1n) is 6.78. The molecule has 98 valence electrons. The molecule has 1 saturated carbocycles. The second-order valence-electron chi connectivity index (χ2n) is 6.37. The Labute approximate surface area is 106 Å². The molecule has 0 aromatic carbocycles. The molecule has 0 radical (unpaired) electrons. The highest BCUT2D eigenvalue weighted by atomic mass is 15.2. The Morgan fingerprint density at radius 3 is 2.53 bits per heavy atom. The van der Waals surface area contributed by atoms with E-state index in [-0.39, 0.29) is 5.54 Å². The summed E-state index contributed by atoms with van der Waals surface area (Å²) in [5, 5.41) is 12.2. The molecule has 0 aromatic heterocycles. The largest absolute Gasteiger partial charge is 0.312 e. The molecule has 1 aliphatic carbocycles. The normalized spacial score (nSPS) is 18.1. The van der Waals surface area contributed by atoms with E-state index in [9.17, 15) is 0 Å². The summed E-state index contributed by atoms with van der Waals surface area (Å²) in [5.74, 6) is 0.647. The number of hydrogen-bond donors (Lipinski definition) is 1. The first kappa shape index (κ1) is 14.5. The monoisotopic (exact) mass is 237 g/mol. The fourth-order valence-corrected chi connectivity index (χ4v) is 2.00. The van der Waals surface area contributed by atoms with Gasteiger partial charge in [-0.25, -0.2) is 0 Å². The van der Waals surface area contributed by atoms with Crippen LogP contribution in [0.1, 0.15) is 47.0 Å². The summed E-state index contributed by atoms with van der Waals surface area (Å²) in [6.07, 6.45) is 3.31. The molecular formula is C14H27N3. The number of nitrogens with one attached hydrogen (secondary N) is 1. The van der Waals surface area contributed by atoms with Gasteiger partial charge in [0.1, 0.15) is 0 Å². The van der Waals surface area contributed by atoms with E-state index < -0.39 is 0 Å². The zero-order valence-corrected chi connectivity index (χ0v) is 11.8. The van der Waals surface area contributed by atoms with E-state index >= 15 is 0 Å². The van der Waals surface area contributed by atoms with Crippen molar-refractivity contribution in [3.63, 3.8) is 0 Å². The third-order valence-electron chi connectivity index (χ3n) is 3.10. The standard InChI is InChI=1S/C14H27N3/c1-12(10-16-14(2,3)4)11-17(9-5-8-15)13-6-7-13/h12-13,16H,5-7,9-11H2,1-4H3. The fraction of sp³-hybridized carbons (Fsp3) is 0.929. The van der Waals surface area contributed by atoms with Gasteiger partial charge in [-0.15, -0.1) is 0 Å². The Bertz CT molecular complexity index is 258. The van der Waals surface area contributed by atoms with E-state index in [1.54, 1.807) is 0 Å². The summed E-state index contributed by atoms with van der Waals surface area (Å²) in [7, 11) is 0. The summed E-state index contributed by atoms with van der Waals surface area (Å²) in [6, 6.07) is 3.02. The molecule has 1 fully saturated rings. The first-order chi connectivity index (χ1) is 7.92. The van der Waals surface area contributed by atoms with Gasteiger partial charge >= 0.3 is 0 Å². The first-order valence-corrected chi connectivity index (χ1v) is 6.78. The summed E-state index contributed by atoms with van der Waals surface area (Å²) in [5.41, 5.74) is 0.200. The molecule has 0 bridgehead atoms. The van der Waals surface area contributed by atoms with Gasteiger partial charge in [-0.1, -0.05) is 6.92 Å². The van der Waals surface area contributed by atoms with Crippen molar-refractivity contribution in [3.05, 3.63) is 0 Å².